The Kier molecular flexibility index (Phi) is 4.03. The maximum atomic E-state index is 11.6. The molecule has 0 saturated heterocycles. The van der Waals surface area contributed by atoms with Crippen molar-refractivity contribution in [1.29, 1.82) is 0 Å². The average Bonchev–Trinajstić information content (AvgIpc) is 3.13. The van der Waals surface area contributed by atoms with Crippen LogP contribution < -0.4 is 0 Å². The lowest BCUT2D eigenvalue weighted by molar-refractivity contribution is -0.142. The van der Waals surface area contributed by atoms with Gasteiger partial charge in [0.2, 0.25) is 0 Å². The van der Waals surface area contributed by atoms with Crippen LogP contribution in [0, 0.1) is 0 Å². The first-order chi connectivity index (χ1) is 9.76. The Morgan fingerprint density at radius 1 is 1.55 bits per heavy atom. The molecule has 108 valence electrons. The first kappa shape index (κ1) is 13.6. The highest BCUT2D eigenvalue weighted by atomic mass is 32.1. The number of rotatable bonds is 5. The highest BCUT2D eigenvalue weighted by Gasteiger charge is 2.25. The average molecular weight is 293 g/mol. The van der Waals surface area contributed by atoms with Crippen molar-refractivity contribution in [3.05, 3.63) is 23.5 Å². The van der Waals surface area contributed by atoms with E-state index in [0.717, 1.165) is 10.7 Å². The topological polar surface area (TPSA) is 46.8 Å². The lowest BCUT2D eigenvalue weighted by atomic mass is 10.2. The monoisotopic (exact) mass is 293 g/mol. The van der Waals surface area contributed by atoms with E-state index in [9.17, 15) is 4.79 Å². The summed E-state index contributed by atoms with van der Waals surface area (Å²) in [4.78, 5) is 19.4. The summed E-state index contributed by atoms with van der Waals surface area (Å²) in [6.45, 7) is 1.07. The SMILES string of the molecule is COC(=O)CN(Cc1cn2ccsc2n1)C1CCCC1. The number of hydrogen-bond acceptors (Lipinski definition) is 5. The number of methoxy groups -OCH3 is 1. The summed E-state index contributed by atoms with van der Waals surface area (Å²) in [5, 5.41) is 2.02. The molecule has 0 amide bonds. The maximum absolute atomic E-state index is 11.6. The van der Waals surface area contributed by atoms with Crippen LogP contribution in [0.15, 0.2) is 17.8 Å². The number of fused-ring (bicyclic) bond motifs is 1. The summed E-state index contributed by atoms with van der Waals surface area (Å²) in [6.07, 6.45) is 8.89. The Hall–Kier alpha value is -1.40. The molecule has 20 heavy (non-hydrogen) atoms. The molecule has 0 unspecified atom stereocenters. The van der Waals surface area contributed by atoms with E-state index < -0.39 is 0 Å². The van der Waals surface area contributed by atoms with Crippen LogP contribution in [0.1, 0.15) is 31.4 Å². The van der Waals surface area contributed by atoms with Crippen molar-refractivity contribution in [3.63, 3.8) is 0 Å². The highest BCUT2D eigenvalue weighted by Crippen LogP contribution is 2.25. The second-order valence-corrected chi connectivity index (χ2v) is 6.12. The summed E-state index contributed by atoms with van der Waals surface area (Å²) in [7, 11) is 1.45. The van der Waals surface area contributed by atoms with Crippen molar-refractivity contribution < 1.29 is 9.53 Å². The summed E-state index contributed by atoms with van der Waals surface area (Å²) in [5.41, 5.74) is 1.02. The fraction of sp³-hybridized carbons (Fsp3) is 0.571. The van der Waals surface area contributed by atoms with E-state index in [-0.39, 0.29) is 5.97 Å². The third-order valence-electron chi connectivity index (χ3n) is 3.91. The zero-order chi connectivity index (χ0) is 13.9. The van der Waals surface area contributed by atoms with E-state index in [1.807, 2.05) is 22.2 Å². The molecule has 0 radical (unpaired) electrons. The number of aromatic nitrogens is 2. The summed E-state index contributed by atoms with van der Waals surface area (Å²) >= 11 is 1.63. The summed E-state index contributed by atoms with van der Waals surface area (Å²) < 4.78 is 6.85. The number of nitrogens with zero attached hydrogens (tertiary/aromatic N) is 3. The van der Waals surface area contributed by atoms with E-state index in [1.165, 1.54) is 32.8 Å². The molecule has 0 bridgehead atoms. The van der Waals surface area contributed by atoms with Gasteiger partial charge in [-0.25, -0.2) is 4.98 Å². The van der Waals surface area contributed by atoms with Crippen molar-refractivity contribution in [2.45, 2.75) is 38.3 Å². The van der Waals surface area contributed by atoms with Gasteiger partial charge in [-0.05, 0) is 12.8 Å². The minimum atomic E-state index is -0.169. The fourth-order valence-corrected chi connectivity index (χ4v) is 3.59. The molecule has 2 aromatic heterocycles. The number of ether oxygens (including phenoxy) is 1. The van der Waals surface area contributed by atoms with Gasteiger partial charge in [0.25, 0.3) is 0 Å². The number of thiazole rings is 1. The third-order valence-corrected chi connectivity index (χ3v) is 4.68. The molecule has 0 spiro atoms. The fourth-order valence-electron chi connectivity index (χ4n) is 2.87. The number of carbonyl (C=O) groups excluding carboxylic acids is 1. The van der Waals surface area contributed by atoms with Crippen molar-refractivity contribution in [2.24, 2.45) is 0 Å². The molecule has 1 aliphatic rings. The molecule has 0 atom stereocenters. The predicted molar refractivity (Wildman–Crippen MR) is 77.8 cm³/mol. The first-order valence-electron chi connectivity index (χ1n) is 6.98. The molecule has 1 fully saturated rings. The van der Waals surface area contributed by atoms with E-state index in [1.54, 1.807) is 11.3 Å². The quantitative estimate of drug-likeness (QED) is 0.794. The van der Waals surface area contributed by atoms with Crippen LogP contribution in [0.2, 0.25) is 0 Å². The van der Waals surface area contributed by atoms with Gasteiger partial charge in [0.15, 0.2) is 4.96 Å². The Morgan fingerprint density at radius 2 is 2.35 bits per heavy atom. The van der Waals surface area contributed by atoms with Gasteiger partial charge < -0.3 is 4.74 Å². The number of carbonyl (C=O) groups is 1. The Labute approximate surface area is 122 Å². The second-order valence-electron chi connectivity index (χ2n) is 5.24. The van der Waals surface area contributed by atoms with Gasteiger partial charge in [0.1, 0.15) is 0 Å². The van der Waals surface area contributed by atoms with E-state index in [0.29, 0.717) is 19.1 Å². The van der Waals surface area contributed by atoms with E-state index in [4.69, 9.17) is 4.74 Å². The minimum Gasteiger partial charge on any atom is -0.468 e. The van der Waals surface area contributed by atoms with Crippen LogP contribution in [-0.4, -0.2) is 40.0 Å². The molecule has 2 heterocycles. The predicted octanol–water partition coefficient (Wildman–Crippen LogP) is 2.31. The van der Waals surface area contributed by atoms with Crippen LogP contribution in [0.25, 0.3) is 4.96 Å². The molecule has 5 nitrogen and oxygen atoms in total. The van der Waals surface area contributed by atoms with Gasteiger partial charge >= 0.3 is 5.97 Å². The largest absolute Gasteiger partial charge is 0.468 e. The summed E-state index contributed by atoms with van der Waals surface area (Å²) in [6, 6.07) is 0.480. The molecular formula is C14H19N3O2S. The van der Waals surface area contributed by atoms with Crippen LogP contribution in [0.4, 0.5) is 0 Å². The highest BCUT2D eigenvalue weighted by molar-refractivity contribution is 7.15. The number of hydrogen-bond donors (Lipinski definition) is 0. The van der Waals surface area contributed by atoms with Crippen molar-refractivity contribution in [2.75, 3.05) is 13.7 Å². The van der Waals surface area contributed by atoms with Crippen molar-refractivity contribution in [3.8, 4) is 0 Å². The van der Waals surface area contributed by atoms with Gasteiger partial charge in [-0.2, -0.15) is 0 Å². The van der Waals surface area contributed by atoms with E-state index in [2.05, 4.69) is 9.88 Å². The lowest BCUT2D eigenvalue weighted by Crippen LogP contribution is -2.37. The smallest absolute Gasteiger partial charge is 0.319 e. The van der Waals surface area contributed by atoms with Crippen molar-refractivity contribution in [1.82, 2.24) is 14.3 Å². The van der Waals surface area contributed by atoms with Crippen LogP contribution in [0.5, 0.6) is 0 Å². The zero-order valence-electron chi connectivity index (χ0n) is 11.6. The third kappa shape index (κ3) is 2.86. The molecule has 3 rings (SSSR count). The van der Waals surface area contributed by atoms with E-state index >= 15 is 0 Å². The molecule has 0 aliphatic heterocycles. The van der Waals surface area contributed by atoms with Crippen LogP contribution >= 0.6 is 11.3 Å². The molecule has 0 aromatic carbocycles. The number of imidazole rings is 1. The van der Waals surface area contributed by atoms with Crippen LogP contribution in [0.3, 0.4) is 0 Å². The van der Waals surface area contributed by atoms with Gasteiger partial charge in [-0.15, -0.1) is 11.3 Å². The normalized spacial score (nSPS) is 16.3. The van der Waals surface area contributed by atoms with Gasteiger partial charge in [-0.1, -0.05) is 12.8 Å². The maximum Gasteiger partial charge on any atom is 0.319 e. The Bertz CT molecular complexity index is 558. The molecule has 0 N–H and O–H groups in total. The Morgan fingerprint density at radius 3 is 3.05 bits per heavy atom. The molecule has 1 saturated carbocycles. The second kappa shape index (κ2) is 5.93. The lowest BCUT2D eigenvalue weighted by Gasteiger charge is -2.26. The van der Waals surface area contributed by atoms with Gasteiger partial charge in [0, 0.05) is 30.4 Å². The first-order valence-corrected chi connectivity index (χ1v) is 7.86. The molecule has 1 aliphatic carbocycles. The molecular weight excluding hydrogens is 274 g/mol. The molecule has 2 aromatic rings. The van der Waals surface area contributed by atoms with Crippen molar-refractivity contribution >= 4 is 22.3 Å². The summed E-state index contributed by atoms with van der Waals surface area (Å²) in [5.74, 6) is -0.169. The van der Waals surface area contributed by atoms with Crippen LogP contribution in [-0.2, 0) is 16.1 Å². The zero-order valence-corrected chi connectivity index (χ0v) is 12.4. The van der Waals surface area contributed by atoms with Gasteiger partial charge in [-0.3, -0.25) is 14.1 Å². The molecule has 6 heteroatoms. The van der Waals surface area contributed by atoms with Gasteiger partial charge in [0.05, 0.1) is 19.3 Å². The minimum absolute atomic E-state index is 0.169. The Balaban J connectivity index is 1.74. The standard InChI is InChI=1S/C14H19N3O2S/c1-19-13(18)10-17(12-4-2-3-5-12)9-11-8-16-6-7-20-14(16)15-11/h6-8,12H,2-5,9-10H2,1H3. The number of esters is 1.